The van der Waals surface area contributed by atoms with Gasteiger partial charge in [0.25, 0.3) is 11.7 Å². The van der Waals surface area contributed by atoms with Crippen LogP contribution in [0.2, 0.25) is 0 Å². The molecule has 1 heterocycles. The van der Waals surface area contributed by atoms with Gasteiger partial charge in [0.1, 0.15) is 5.75 Å². The van der Waals surface area contributed by atoms with Gasteiger partial charge in [0.2, 0.25) is 5.88 Å². The molecular weight excluding hydrogens is 426 g/mol. The number of ether oxygens (including phenoxy) is 1. The monoisotopic (exact) mass is 444 g/mol. The second kappa shape index (κ2) is 10.9. The smallest absolute Gasteiger partial charge is 0.288 e. The van der Waals surface area contributed by atoms with Gasteiger partial charge in [-0.15, -0.1) is 0 Å². The molecule has 0 bridgehead atoms. The van der Waals surface area contributed by atoms with E-state index in [0.29, 0.717) is 39.5 Å². The van der Waals surface area contributed by atoms with Crippen LogP contribution in [-0.4, -0.2) is 29.1 Å². The number of pyridine rings is 1. The van der Waals surface area contributed by atoms with Gasteiger partial charge in [-0.25, -0.2) is 4.98 Å². The maximum atomic E-state index is 12.3. The summed E-state index contributed by atoms with van der Waals surface area (Å²) in [6.45, 7) is -0.378. The Morgan fingerprint density at radius 1 is 1.10 bits per heavy atom. The van der Waals surface area contributed by atoms with Crippen LogP contribution in [-0.2, 0) is 9.63 Å². The maximum Gasteiger partial charge on any atom is 0.288 e. The summed E-state index contributed by atoms with van der Waals surface area (Å²) in [5.74, 6) is -1.89. The van der Waals surface area contributed by atoms with Crippen LogP contribution >= 0.6 is 11.8 Å². The fourth-order valence-corrected chi connectivity index (χ4v) is 2.83. The first kappa shape index (κ1) is 22.0. The van der Waals surface area contributed by atoms with Gasteiger partial charge >= 0.3 is 0 Å². The summed E-state index contributed by atoms with van der Waals surface area (Å²) < 4.78 is 30.2. The third-order valence-electron chi connectivity index (χ3n) is 3.72. The van der Waals surface area contributed by atoms with Crippen LogP contribution in [0.4, 0.5) is 14.5 Å². The first-order valence-corrected chi connectivity index (χ1v) is 9.87. The van der Waals surface area contributed by atoms with Crippen LogP contribution < -0.4 is 15.8 Å². The van der Waals surface area contributed by atoms with Crippen molar-refractivity contribution in [1.82, 2.24) is 4.98 Å². The van der Waals surface area contributed by atoms with Crippen molar-refractivity contribution in [3.63, 3.8) is 0 Å². The highest BCUT2D eigenvalue weighted by molar-refractivity contribution is 7.99. The van der Waals surface area contributed by atoms with Crippen molar-refractivity contribution in [3.05, 3.63) is 78.5 Å². The van der Waals surface area contributed by atoms with Gasteiger partial charge in [0.15, 0.2) is 12.4 Å². The summed E-state index contributed by atoms with van der Waals surface area (Å²) in [5, 5.41) is 6.27. The molecule has 0 aliphatic carbocycles. The van der Waals surface area contributed by atoms with E-state index in [4.69, 9.17) is 15.3 Å². The van der Waals surface area contributed by atoms with E-state index in [1.165, 1.54) is 30.5 Å². The minimum atomic E-state index is -2.50. The number of para-hydroxylation sites is 1. The zero-order valence-corrected chi connectivity index (χ0v) is 16.9. The van der Waals surface area contributed by atoms with E-state index in [9.17, 15) is 13.6 Å². The number of carbonyl (C=O) groups excluding carboxylic acids is 1. The number of nitrogens with two attached hydrogens (primary N) is 1. The summed E-state index contributed by atoms with van der Waals surface area (Å²) in [5.41, 5.74) is 6.78. The van der Waals surface area contributed by atoms with Crippen LogP contribution in [0.15, 0.2) is 83.0 Å². The number of nitrogens with zero attached hydrogens (tertiary/aromatic N) is 2. The second-order valence-electron chi connectivity index (χ2n) is 6.00. The van der Waals surface area contributed by atoms with E-state index < -0.39 is 11.7 Å². The molecule has 0 saturated carbocycles. The normalized spacial score (nSPS) is 11.3. The number of hydrogen-bond acceptors (Lipinski definition) is 6. The van der Waals surface area contributed by atoms with Crippen molar-refractivity contribution in [1.29, 1.82) is 0 Å². The molecule has 1 amide bonds. The highest BCUT2D eigenvalue weighted by Gasteiger charge is 2.07. The van der Waals surface area contributed by atoms with Crippen LogP contribution in [0.25, 0.3) is 0 Å². The van der Waals surface area contributed by atoms with Gasteiger partial charge in [-0.3, -0.25) is 4.79 Å². The number of halogens is 2. The third-order valence-corrected chi connectivity index (χ3v) is 4.44. The molecule has 3 N–H and O–H groups in total. The molecule has 0 aliphatic heterocycles. The largest absolute Gasteiger partial charge is 0.439 e. The number of aromatic nitrogens is 1. The number of alkyl halides is 2. The summed E-state index contributed by atoms with van der Waals surface area (Å²) in [7, 11) is 0. The Morgan fingerprint density at radius 3 is 2.48 bits per heavy atom. The lowest BCUT2D eigenvalue weighted by atomic mass is 10.3. The van der Waals surface area contributed by atoms with Gasteiger partial charge in [-0.1, -0.05) is 35.1 Å². The Morgan fingerprint density at radius 2 is 1.84 bits per heavy atom. The predicted octanol–water partition coefficient (Wildman–Crippen LogP) is 4.46. The van der Waals surface area contributed by atoms with Crippen molar-refractivity contribution < 1.29 is 23.1 Å². The SMILES string of the molecule is N/C(=N/OCC(=O)Nc1ccc(SC(F)F)cc1)c1ccc(Oc2ccccc2)nc1. The Bertz CT molecular complexity index is 1020. The summed E-state index contributed by atoms with van der Waals surface area (Å²) in [6, 6.07) is 18.5. The lowest BCUT2D eigenvalue weighted by Gasteiger charge is -2.07. The topological polar surface area (TPSA) is 98.8 Å². The molecule has 160 valence electrons. The maximum absolute atomic E-state index is 12.3. The van der Waals surface area contributed by atoms with Crippen molar-refractivity contribution in [3.8, 4) is 11.6 Å². The van der Waals surface area contributed by atoms with Gasteiger partial charge in [-0.05, 0) is 42.5 Å². The molecule has 0 spiro atoms. The molecular formula is C21H18F2N4O3S. The van der Waals surface area contributed by atoms with Crippen LogP contribution in [0.3, 0.4) is 0 Å². The molecule has 0 fully saturated rings. The quantitative estimate of drug-likeness (QED) is 0.219. The standard InChI is InChI=1S/C21H18F2N4O3S/c22-21(23)31-17-9-7-15(8-10-17)26-18(28)13-29-27-20(24)14-6-11-19(25-12-14)30-16-4-2-1-3-5-16/h1-12,21H,13H2,(H2,24,27)(H,26,28). The fourth-order valence-electron chi connectivity index (χ4n) is 2.33. The molecule has 2 aromatic carbocycles. The fraction of sp³-hybridized carbons (Fsp3) is 0.0952. The highest BCUT2D eigenvalue weighted by atomic mass is 32.2. The molecule has 31 heavy (non-hydrogen) atoms. The van der Waals surface area contributed by atoms with E-state index >= 15 is 0 Å². The summed E-state index contributed by atoms with van der Waals surface area (Å²) >= 11 is 0.427. The van der Waals surface area contributed by atoms with E-state index in [2.05, 4.69) is 15.5 Å². The first-order chi connectivity index (χ1) is 15.0. The van der Waals surface area contributed by atoms with Crippen LogP contribution in [0.5, 0.6) is 11.6 Å². The van der Waals surface area contributed by atoms with Gasteiger partial charge in [0.05, 0.1) is 0 Å². The average molecular weight is 444 g/mol. The van der Waals surface area contributed by atoms with E-state index in [0.717, 1.165) is 0 Å². The highest BCUT2D eigenvalue weighted by Crippen LogP contribution is 2.26. The molecule has 10 heteroatoms. The number of nitrogens with one attached hydrogen (secondary N) is 1. The number of rotatable bonds is 9. The number of amidine groups is 1. The van der Waals surface area contributed by atoms with E-state index in [1.807, 2.05) is 18.2 Å². The molecule has 3 rings (SSSR count). The molecule has 0 unspecified atom stereocenters. The number of hydrogen-bond donors (Lipinski definition) is 2. The molecule has 7 nitrogen and oxygen atoms in total. The summed E-state index contributed by atoms with van der Waals surface area (Å²) in [6.07, 6.45) is 1.47. The van der Waals surface area contributed by atoms with E-state index in [1.54, 1.807) is 24.3 Å². The third kappa shape index (κ3) is 7.27. The van der Waals surface area contributed by atoms with Crippen molar-refractivity contribution in [2.24, 2.45) is 10.9 Å². The van der Waals surface area contributed by atoms with Crippen molar-refractivity contribution >= 4 is 29.2 Å². The lowest BCUT2D eigenvalue weighted by Crippen LogP contribution is -2.19. The summed E-state index contributed by atoms with van der Waals surface area (Å²) in [4.78, 5) is 21.4. The van der Waals surface area contributed by atoms with Gasteiger partial charge in [-0.2, -0.15) is 8.78 Å². The van der Waals surface area contributed by atoms with Gasteiger partial charge in [0, 0.05) is 28.4 Å². The molecule has 1 aromatic heterocycles. The number of thioether (sulfide) groups is 1. The average Bonchev–Trinajstić information content (AvgIpc) is 2.76. The van der Waals surface area contributed by atoms with E-state index in [-0.39, 0.29) is 12.4 Å². The number of anilines is 1. The minimum absolute atomic E-state index is 0.0416. The predicted molar refractivity (Wildman–Crippen MR) is 114 cm³/mol. The molecule has 0 radical (unpaired) electrons. The molecule has 0 atom stereocenters. The Labute approximate surface area is 181 Å². The Balaban J connectivity index is 1.47. The molecule has 0 aliphatic rings. The van der Waals surface area contributed by atoms with Crippen molar-refractivity contribution in [2.45, 2.75) is 10.7 Å². The zero-order valence-electron chi connectivity index (χ0n) is 16.1. The minimum Gasteiger partial charge on any atom is -0.439 e. The number of oxime groups is 1. The Kier molecular flexibility index (Phi) is 7.77. The Hall–Kier alpha value is -3.66. The number of benzene rings is 2. The molecule has 3 aromatic rings. The van der Waals surface area contributed by atoms with Crippen LogP contribution in [0, 0.1) is 0 Å². The second-order valence-corrected chi connectivity index (χ2v) is 7.06. The van der Waals surface area contributed by atoms with Crippen molar-refractivity contribution in [2.75, 3.05) is 11.9 Å². The number of amides is 1. The van der Waals surface area contributed by atoms with Crippen LogP contribution in [0.1, 0.15) is 5.56 Å². The van der Waals surface area contributed by atoms with Gasteiger partial charge < -0.3 is 20.6 Å². The number of carbonyl (C=O) groups is 1. The lowest BCUT2D eigenvalue weighted by molar-refractivity contribution is -0.120. The molecule has 0 saturated heterocycles. The first-order valence-electron chi connectivity index (χ1n) is 8.99. The zero-order chi connectivity index (χ0) is 22.1.